The summed E-state index contributed by atoms with van der Waals surface area (Å²) in [6.45, 7) is 1.44. The first-order valence-electron chi connectivity index (χ1n) is 8.83. The number of nitrogens with zero attached hydrogens (tertiary/aromatic N) is 1. The van der Waals surface area contributed by atoms with E-state index in [-0.39, 0.29) is 12.1 Å². The summed E-state index contributed by atoms with van der Waals surface area (Å²) >= 11 is 0. The first kappa shape index (κ1) is 21.7. The standard InChI is InChI=1S/C21H24N2O6/c1-13(23-29-4)20(24)22-16(21(25)26)12-14-8-10-15(11-9-14)19-17(27-2)6-5-7-18(19)28-3/h5-11,16H,12H2,1-4H3,(H,22,24)(H,25,26)/b23-13-/t16-/m0/s1. The van der Waals surface area contributed by atoms with E-state index in [2.05, 4.69) is 15.3 Å². The molecule has 0 fully saturated rings. The predicted molar refractivity (Wildman–Crippen MR) is 108 cm³/mol. The minimum absolute atomic E-state index is 0.0392. The van der Waals surface area contributed by atoms with Gasteiger partial charge in [0, 0.05) is 6.42 Å². The average Bonchev–Trinajstić information content (AvgIpc) is 2.73. The van der Waals surface area contributed by atoms with Crippen molar-refractivity contribution in [1.82, 2.24) is 5.32 Å². The Morgan fingerprint density at radius 1 is 1.03 bits per heavy atom. The highest BCUT2D eigenvalue weighted by molar-refractivity contribution is 6.38. The van der Waals surface area contributed by atoms with Gasteiger partial charge in [0.25, 0.3) is 5.91 Å². The molecule has 1 amide bonds. The van der Waals surface area contributed by atoms with Gasteiger partial charge in [-0.05, 0) is 30.2 Å². The second kappa shape index (κ2) is 10.1. The topological polar surface area (TPSA) is 106 Å². The summed E-state index contributed by atoms with van der Waals surface area (Å²) in [6.07, 6.45) is 0.116. The van der Waals surface area contributed by atoms with E-state index in [0.717, 1.165) is 16.7 Å². The van der Waals surface area contributed by atoms with Crippen LogP contribution in [-0.2, 0) is 20.8 Å². The molecular weight excluding hydrogens is 376 g/mol. The van der Waals surface area contributed by atoms with Gasteiger partial charge in [0.1, 0.15) is 30.4 Å². The number of carbonyl (C=O) groups excluding carboxylic acids is 1. The van der Waals surface area contributed by atoms with Crippen LogP contribution in [-0.4, -0.2) is 50.1 Å². The number of nitrogens with one attached hydrogen (secondary N) is 1. The zero-order valence-electron chi connectivity index (χ0n) is 16.8. The van der Waals surface area contributed by atoms with Crippen molar-refractivity contribution in [2.75, 3.05) is 21.3 Å². The molecule has 0 saturated carbocycles. The molecule has 0 radical (unpaired) electrons. The molecule has 0 aliphatic rings. The molecule has 0 aliphatic heterocycles. The third-order valence-corrected chi connectivity index (χ3v) is 4.27. The SMILES string of the molecule is CO/N=C(/C)C(=O)N[C@@H](Cc1ccc(-c2c(OC)cccc2OC)cc1)C(=O)O. The van der Waals surface area contributed by atoms with Gasteiger partial charge in [-0.2, -0.15) is 0 Å². The molecule has 2 aromatic carbocycles. The molecule has 0 aromatic heterocycles. The van der Waals surface area contributed by atoms with E-state index in [9.17, 15) is 14.7 Å². The largest absolute Gasteiger partial charge is 0.496 e. The smallest absolute Gasteiger partial charge is 0.326 e. The molecule has 8 heteroatoms. The molecule has 0 heterocycles. The molecule has 2 aromatic rings. The lowest BCUT2D eigenvalue weighted by atomic mass is 9.99. The Morgan fingerprint density at radius 2 is 1.62 bits per heavy atom. The first-order valence-corrected chi connectivity index (χ1v) is 8.83. The Hall–Kier alpha value is -3.55. The second-order valence-corrected chi connectivity index (χ2v) is 6.16. The number of carbonyl (C=O) groups is 2. The van der Waals surface area contributed by atoms with Crippen molar-refractivity contribution in [3.63, 3.8) is 0 Å². The van der Waals surface area contributed by atoms with Crippen LogP contribution in [0.5, 0.6) is 11.5 Å². The van der Waals surface area contributed by atoms with E-state index < -0.39 is 17.9 Å². The van der Waals surface area contributed by atoms with Gasteiger partial charge in [-0.3, -0.25) is 4.79 Å². The van der Waals surface area contributed by atoms with Crippen molar-refractivity contribution < 1.29 is 29.0 Å². The fourth-order valence-electron chi connectivity index (χ4n) is 2.82. The molecule has 0 unspecified atom stereocenters. The van der Waals surface area contributed by atoms with Crippen molar-refractivity contribution in [3.8, 4) is 22.6 Å². The number of carboxylic acids is 1. The maximum absolute atomic E-state index is 12.0. The van der Waals surface area contributed by atoms with E-state index >= 15 is 0 Å². The Morgan fingerprint density at radius 3 is 2.10 bits per heavy atom. The summed E-state index contributed by atoms with van der Waals surface area (Å²) in [4.78, 5) is 28.1. The van der Waals surface area contributed by atoms with E-state index in [0.29, 0.717) is 11.5 Å². The van der Waals surface area contributed by atoms with Gasteiger partial charge in [0.05, 0.1) is 19.8 Å². The fourth-order valence-corrected chi connectivity index (χ4v) is 2.82. The highest BCUT2D eigenvalue weighted by Gasteiger charge is 2.22. The number of hydrogen-bond acceptors (Lipinski definition) is 6. The lowest BCUT2D eigenvalue weighted by molar-refractivity contribution is -0.141. The van der Waals surface area contributed by atoms with Gasteiger partial charge in [-0.15, -0.1) is 0 Å². The van der Waals surface area contributed by atoms with E-state index in [1.807, 2.05) is 30.3 Å². The summed E-state index contributed by atoms with van der Waals surface area (Å²) in [6, 6.07) is 11.7. The molecule has 2 N–H and O–H groups in total. The Balaban J connectivity index is 2.22. The molecule has 2 rings (SSSR count). The lowest BCUT2D eigenvalue weighted by Gasteiger charge is -2.16. The lowest BCUT2D eigenvalue weighted by Crippen LogP contribution is -2.44. The molecular formula is C21H24N2O6. The molecule has 29 heavy (non-hydrogen) atoms. The summed E-state index contributed by atoms with van der Waals surface area (Å²) in [7, 11) is 4.48. The van der Waals surface area contributed by atoms with Gasteiger partial charge < -0.3 is 24.7 Å². The van der Waals surface area contributed by atoms with Crippen LogP contribution < -0.4 is 14.8 Å². The van der Waals surface area contributed by atoms with E-state index in [4.69, 9.17) is 9.47 Å². The monoisotopic (exact) mass is 400 g/mol. The quantitative estimate of drug-likeness (QED) is 0.495. The number of ether oxygens (including phenoxy) is 2. The van der Waals surface area contributed by atoms with Gasteiger partial charge in [-0.1, -0.05) is 35.5 Å². The van der Waals surface area contributed by atoms with Gasteiger partial charge in [-0.25, -0.2) is 4.79 Å². The number of methoxy groups -OCH3 is 2. The molecule has 0 spiro atoms. The van der Waals surface area contributed by atoms with Crippen LogP contribution in [0.25, 0.3) is 11.1 Å². The van der Waals surface area contributed by atoms with Crippen LogP contribution in [0.15, 0.2) is 47.6 Å². The van der Waals surface area contributed by atoms with Crippen molar-refractivity contribution in [1.29, 1.82) is 0 Å². The number of benzene rings is 2. The van der Waals surface area contributed by atoms with Crippen LogP contribution >= 0.6 is 0 Å². The van der Waals surface area contributed by atoms with Crippen molar-refractivity contribution in [2.24, 2.45) is 5.16 Å². The number of amides is 1. The summed E-state index contributed by atoms with van der Waals surface area (Å²) < 4.78 is 10.9. The summed E-state index contributed by atoms with van der Waals surface area (Å²) in [5, 5.41) is 15.4. The van der Waals surface area contributed by atoms with Gasteiger partial charge in [0.2, 0.25) is 0 Å². The molecule has 1 atom stereocenters. The molecule has 8 nitrogen and oxygen atoms in total. The van der Waals surface area contributed by atoms with Gasteiger partial charge >= 0.3 is 5.97 Å². The second-order valence-electron chi connectivity index (χ2n) is 6.16. The average molecular weight is 400 g/mol. The normalized spacial score (nSPS) is 12.1. The van der Waals surface area contributed by atoms with Crippen molar-refractivity contribution >= 4 is 17.6 Å². The Bertz CT molecular complexity index is 870. The Labute approximate surface area is 169 Å². The number of oxime groups is 1. The van der Waals surface area contributed by atoms with Crippen LogP contribution in [0.1, 0.15) is 12.5 Å². The van der Waals surface area contributed by atoms with Crippen molar-refractivity contribution in [2.45, 2.75) is 19.4 Å². The maximum atomic E-state index is 12.0. The Kier molecular flexibility index (Phi) is 7.59. The highest BCUT2D eigenvalue weighted by Crippen LogP contribution is 2.38. The number of hydrogen-bond donors (Lipinski definition) is 2. The van der Waals surface area contributed by atoms with Crippen LogP contribution in [0, 0.1) is 0 Å². The maximum Gasteiger partial charge on any atom is 0.326 e. The molecule has 0 aliphatic carbocycles. The van der Waals surface area contributed by atoms with E-state index in [1.54, 1.807) is 26.4 Å². The van der Waals surface area contributed by atoms with E-state index in [1.165, 1.54) is 14.0 Å². The number of rotatable bonds is 9. The summed E-state index contributed by atoms with van der Waals surface area (Å²) in [5.74, 6) is -0.407. The highest BCUT2D eigenvalue weighted by atomic mass is 16.6. The van der Waals surface area contributed by atoms with Crippen molar-refractivity contribution in [3.05, 3.63) is 48.0 Å². The number of carboxylic acid groups (broad SMARTS) is 1. The molecule has 0 saturated heterocycles. The third kappa shape index (κ3) is 5.47. The molecule has 154 valence electrons. The zero-order valence-corrected chi connectivity index (χ0v) is 16.8. The van der Waals surface area contributed by atoms with Gasteiger partial charge in [0.15, 0.2) is 0 Å². The fraction of sp³-hybridized carbons (Fsp3) is 0.286. The van der Waals surface area contributed by atoms with Crippen LogP contribution in [0.4, 0.5) is 0 Å². The number of aliphatic carboxylic acids is 1. The third-order valence-electron chi connectivity index (χ3n) is 4.27. The minimum Gasteiger partial charge on any atom is -0.496 e. The minimum atomic E-state index is -1.14. The van der Waals surface area contributed by atoms with Crippen LogP contribution in [0.3, 0.4) is 0 Å². The zero-order chi connectivity index (χ0) is 21.4. The first-order chi connectivity index (χ1) is 13.9. The van der Waals surface area contributed by atoms with Crippen LogP contribution in [0.2, 0.25) is 0 Å². The summed E-state index contributed by atoms with van der Waals surface area (Å²) in [5.41, 5.74) is 2.45. The predicted octanol–water partition coefficient (Wildman–Crippen LogP) is 2.50. The molecule has 0 bridgehead atoms.